The van der Waals surface area contributed by atoms with Crippen LogP contribution in [0.5, 0.6) is 0 Å². The molecule has 2 N–H and O–H groups in total. The summed E-state index contributed by atoms with van der Waals surface area (Å²) >= 11 is 0. The van der Waals surface area contributed by atoms with Crippen LogP contribution in [0.2, 0.25) is 0 Å². The second-order valence-corrected chi connectivity index (χ2v) is 7.24. The fraction of sp³-hybridized carbons (Fsp3) is 0.160. The van der Waals surface area contributed by atoms with Gasteiger partial charge in [0, 0.05) is 17.6 Å². The highest BCUT2D eigenvalue weighted by Gasteiger charge is 2.14. The fourth-order valence-corrected chi connectivity index (χ4v) is 3.58. The van der Waals surface area contributed by atoms with Gasteiger partial charge < -0.3 is 10.6 Å². The van der Waals surface area contributed by atoms with Crippen LogP contribution in [0.3, 0.4) is 0 Å². The predicted molar refractivity (Wildman–Crippen MR) is 124 cm³/mol. The molecule has 0 aliphatic carbocycles. The van der Waals surface area contributed by atoms with Gasteiger partial charge in [0.2, 0.25) is 5.91 Å². The molecule has 0 saturated heterocycles. The number of hydrogen-bond acceptors (Lipinski definition) is 4. The van der Waals surface area contributed by atoms with Gasteiger partial charge >= 0.3 is 5.69 Å². The molecule has 0 saturated carbocycles. The first kappa shape index (κ1) is 20.3. The molecule has 1 amide bonds. The molecule has 3 aromatic carbocycles. The van der Waals surface area contributed by atoms with Crippen molar-refractivity contribution in [1.29, 1.82) is 0 Å². The minimum absolute atomic E-state index is 0.108. The van der Waals surface area contributed by atoms with Crippen molar-refractivity contribution < 1.29 is 4.79 Å². The second kappa shape index (κ2) is 9.26. The van der Waals surface area contributed by atoms with Gasteiger partial charge in [-0.2, -0.15) is 4.98 Å². The predicted octanol–water partition coefficient (Wildman–Crippen LogP) is 4.21. The quantitative estimate of drug-likeness (QED) is 0.477. The summed E-state index contributed by atoms with van der Waals surface area (Å²) in [5.41, 5.74) is 3.10. The number of carbonyl (C=O) groups excluding carboxylic acids is 1. The molecule has 0 aliphatic rings. The SMILES string of the molecule is CCc1ccccc1NC(=O)Cn1c(=O)nc(NCc2ccccc2)c2ccccc21. The average molecular weight is 412 g/mol. The van der Waals surface area contributed by atoms with Gasteiger partial charge in [-0.3, -0.25) is 9.36 Å². The molecule has 4 rings (SSSR count). The summed E-state index contributed by atoms with van der Waals surface area (Å²) in [4.78, 5) is 29.8. The zero-order valence-electron chi connectivity index (χ0n) is 17.3. The summed E-state index contributed by atoms with van der Waals surface area (Å²) < 4.78 is 1.41. The maximum absolute atomic E-state index is 12.8. The summed E-state index contributed by atoms with van der Waals surface area (Å²) in [5.74, 6) is 0.248. The van der Waals surface area contributed by atoms with E-state index in [4.69, 9.17) is 0 Å². The molecule has 6 heteroatoms. The number of nitrogens with one attached hydrogen (secondary N) is 2. The van der Waals surface area contributed by atoms with Crippen LogP contribution in [0.1, 0.15) is 18.1 Å². The van der Waals surface area contributed by atoms with E-state index in [0.717, 1.165) is 28.6 Å². The number of carbonyl (C=O) groups is 1. The molecule has 0 radical (unpaired) electrons. The number of rotatable bonds is 7. The van der Waals surface area contributed by atoms with E-state index in [2.05, 4.69) is 15.6 Å². The topological polar surface area (TPSA) is 76.0 Å². The van der Waals surface area contributed by atoms with E-state index in [9.17, 15) is 9.59 Å². The Hall–Kier alpha value is -3.93. The van der Waals surface area contributed by atoms with E-state index in [1.807, 2.05) is 85.8 Å². The molecule has 31 heavy (non-hydrogen) atoms. The molecule has 0 atom stereocenters. The van der Waals surface area contributed by atoms with Crippen molar-refractivity contribution in [3.05, 3.63) is 100 Å². The summed E-state index contributed by atoms with van der Waals surface area (Å²) in [6, 6.07) is 25.1. The van der Waals surface area contributed by atoms with Gasteiger partial charge in [-0.15, -0.1) is 0 Å². The molecular weight excluding hydrogens is 388 g/mol. The number of fused-ring (bicyclic) bond motifs is 1. The lowest BCUT2D eigenvalue weighted by Crippen LogP contribution is -2.30. The van der Waals surface area contributed by atoms with Crippen molar-refractivity contribution in [2.75, 3.05) is 10.6 Å². The lowest BCUT2D eigenvalue weighted by molar-refractivity contribution is -0.116. The van der Waals surface area contributed by atoms with E-state index >= 15 is 0 Å². The lowest BCUT2D eigenvalue weighted by atomic mass is 10.1. The molecule has 156 valence electrons. The summed E-state index contributed by atoms with van der Waals surface area (Å²) in [6.45, 7) is 2.48. The van der Waals surface area contributed by atoms with Crippen molar-refractivity contribution in [3.8, 4) is 0 Å². The minimum Gasteiger partial charge on any atom is -0.365 e. The maximum Gasteiger partial charge on any atom is 0.350 e. The van der Waals surface area contributed by atoms with E-state index in [1.54, 1.807) is 0 Å². The molecule has 4 aromatic rings. The largest absolute Gasteiger partial charge is 0.365 e. The highest BCUT2D eigenvalue weighted by molar-refractivity contribution is 5.94. The fourth-order valence-electron chi connectivity index (χ4n) is 3.58. The smallest absolute Gasteiger partial charge is 0.350 e. The van der Waals surface area contributed by atoms with Crippen LogP contribution in [-0.4, -0.2) is 15.5 Å². The zero-order valence-corrected chi connectivity index (χ0v) is 17.3. The highest BCUT2D eigenvalue weighted by atomic mass is 16.2. The Kier molecular flexibility index (Phi) is 6.08. The Labute approximate surface area is 180 Å². The van der Waals surface area contributed by atoms with E-state index < -0.39 is 5.69 Å². The van der Waals surface area contributed by atoms with Crippen LogP contribution >= 0.6 is 0 Å². The van der Waals surface area contributed by atoms with E-state index in [1.165, 1.54) is 4.57 Å². The van der Waals surface area contributed by atoms with Crippen molar-refractivity contribution >= 4 is 28.3 Å². The van der Waals surface area contributed by atoms with Crippen LogP contribution in [0, 0.1) is 0 Å². The standard InChI is InChI=1S/C25H24N4O2/c1-2-19-12-6-8-14-21(19)27-23(30)17-29-22-15-9-7-13-20(22)24(28-25(29)31)26-16-18-10-4-3-5-11-18/h3-15H,2,16-17H2,1H3,(H,27,30)(H,26,28,31). The third-order valence-electron chi connectivity index (χ3n) is 5.17. The van der Waals surface area contributed by atoms with Crippen LogP contribution in [-0.2, 0) is 24.3 Å². The van der Waals surface area contributed by atoms with E-state index in [-0.39, 0.29) is 12.5 Å². The summed E-state index contributed by atoms with van der Waals surface area (Å²) in [7, 11) is 0. The third-order valence-corrected chi connectivity index (χ3v) is 5.17. The number of para-hydroxylation sites is 2. The number of aryl methyl sites for hydroxylation is 1. The van der Waals surface area contributed by atoms with Crippen LogP contribution in [0.25, 0.3) is 10.9 Å². The molecule has 0 bridgehead atoms. The first-order valence-corrected chi connectivity index (χ1v) is 10.3. The highest BCUT2D eigenvalue weighted by Crippen LogP contribution is 2.20. The molecular formula is C25H24N4O2. The van der Waals surface area contributed by atoms with Gasteiger partial charge in [-0.1, -0.05) is 67.6 Å². The second-order valence-electron chi connectivity index (χ2n) is 7.24. The molecule has 0 spiro atoms. The van der Waals surface area contributed by atoms with Crippen LogP contribution < -0.4 is 16.3 Å². The Morgan fingerprint density at radius 3 is 2.45 bits per heavy atom. The van der Waals surface area contributed by atoms with E-state index in [0.29, 0.717) is 17.9 Å². The number of benzene rings is 3. The van der Waals surface area contributed by atoms with Crippen molar-refractivity contribution in [1.82, 2.24) is 9.55 Å². The van der Waals surface area contributed by atoms with Gasteiger partial charge in [0.15, 0.2) is 0 Å². The van der Waals surface area contributed by atoms with Crippen molar-refractivity contribution in [2.24, 2.45) is 0 Å². The molecule has 1 heterocycles. The van der Waals surface area contributed by atoms with Crippen LogP contribution in [0.4, 0.5) is 11.5 Å². The van der Waals surface area contributed by atoms with Gasteiger partial charge in [0.25, 0.3) is 0 Å². The number of nitrogens with zero attached hydrogens (tertiary/aromatic N) is 2. The first-order valence-electron chi connectivity index (χ1n) is 10.3. The van der Waals surface area contributed by atoms with Gasteiger partial charge in [-0.25, -0.2) is 4.79 Å². The van der Waals surface area contributed by atoms with Crippen LogP contribution in [0.15, 0.2) is 83.7 Å². The summed E-state index contributed by atoms with van der Waals surface area (Å²) in [6.07, 6.45) is 0.808. The number of aromatic nitrogens is 2. The molecule has 0 fully saturated rings. The Bertz CT molecular complexity index is 1270. The molecule has 0 unspecified atom stereocenters. The van der Waals surface area contributed by atoms with Gasteiger partial charge in [0.1, 0.15) is 12.4 Å². The third kappa shape index (κ3) is 4.64. The maximum atomic E-state index is 12.8. The Morgan fingerprint density at radius 2 is 1.65 bits per heavy atom. The minimum atomic E-state index is -0.465. The average Bonchev–Trinajstić information content (AvgIpc) is 2.81. The van der Waals surface area contributed by atoms with Gasteiger partial charge in [-0.05, 0) is 35.7 Å². The number of anilines is 2. The molecule has 1 aromatic heterocycles. The normalized spacial score (nSPS) is 10.7. The zero-order chi connectivity index (χ0) is 21.6. The monoisotopic (exact) mass is 412 g/mol. The van der Waals surface area contributed by atoms with Crippen molar-refractivity contribution in [3.63, 3.8) is 0 Å². The Morgan fingerprint density at radius 1 is 0.935 bits per heavy atom. The number of hydrogen-bond donors (Lipinski definition) is 2. The molecule has 0 aliphatic heterocycles. The Balaban J connectivity index is 1.60. The first-order chi connectivity index (χ1) is 15.2. The van der Waals surface area contributed by atoms with Gasteiger partial charge in [0.05, 0.1) is 5.52 Å². The molecule has 6 nitrogen and oxygen atoms in total. The summed E-state index contributed by atoms with van der Waals surface area (Å²) in [5, 5.41) is 6.97. The lowest BCUT2D eigenvalue weighted by Gasteiger charge is -2.14. The number of amides is 1. The van der Waals surface area contributed by atoms with Crippen molar-refractivity contribution in [2.45, 2.75) is 26.4 Å².